The van der Waals surface area contributed by atoms with E-state index in [2.05, 4.69) is 10.3 Å². The van der Waals surface area contributed by atoms with Gasteiger partial charge in [-0.2, -0.15) is 11.8 Å². The number of hydrogen-bond acceptors (Lipinski definition) is 5. The molecule has 1 N–H and O–H groups in total. The fraction of sp³-hybridized carbons (Fsp3) is 0.320. The number of anilines is 2. The van der Waals surface area contributed by atoms with Gasteiger partial charge in [-0.3, -0.25) is 9.59 Å². The van der Waals surface area contributed by atoms with Gasteiger partial charge in [0, 0.05) is 17.2 Å². The maximum atomic E-state index is 13.5. The molecule has 2 amide bonds. The smallest absolute Gasteiger partial charge is 0.244 e. The molecule has 4 rings (SSSR count). The van der Waals surface area contributed by atoms with Gasteiger partial charge in [-0.05, 0) is 61.5 Å². The van der Waals surface area contributed by atoms with Crippen LogP contribution in [0.3, 0.4) is 0 Å². The number of hydrogen-bond donors (Lipinski definition) is 1. The molecule has 0 bridgehead atoms. The lowest BCUT2D eigenvalue weighted by molar-refractivity contribution is -0.124. The highest BCUT2D eigenvalue weighted by Crippen LogP contribution is 2.30. The van der Waals surface area contributed by atoms with Crippen molar-refractivity contribution in [3.63, 3.8) is 0 Å². The van der Waals surface area contributed by atoms with Crippen LogP contribution < -0.4 is 10.2 Å². The Labute approximate surface area is 192 Å². The molecule has 1 aliphatic rings. The Morgan fingerprint density at radius 2 is 1.78 bits per heavy atom. The fourth-order valence-electron chi connectivity index (χ4n) is 4.09. The maximum absolute atomic E-state index is 13.5. The van der Waals surface area contributed by atoms with E-state index in [-0.39, 0.29) is 24.3 Å². The summed E-state index contributed by atoms with van der Waals surface area (Å²) < 4.78 is 5.02. The number of nitrogens with zero attached hydrogens (tertiary/aromatic N) is 2. The third kappa shape index (κ3) is 5.05. The highest BCUT2D eigenvalue weighted by Gasteiger charge is 2.30. The number of carbonyl (C=O) groups excluding carboxylic acids is 2. The number of benzene rings is 2. The zero-order valence-corrected chi connectivity index (χ0v) is 19.2. The number of rotatable bonds is 6. The van der Waals surface area contributed by atoms with Crippen LogP contribution in [0.1, 0.15) is 24.0 Å². The average Bonchev–Trinajstić information content (AvgIpc) is 3.34. The Hall–Kier alpha value is -3.06. The van der Waals surface area contributed by atoms with E-state index in [4.69, 9.17) is 4.42 Å². The van der Waals surface area contributed by atoms with Crippen LogP contribution in [0.15, 0.2) is 59.5 Å². The standard InChI is InChI=1S/C25H27N3O3S/c1-17-4-3-5-18(2)24(17)28(25(30)20-10-12-32-13-11-20)14-23(29)27-21-8-6-19(7-9-21)22-15-31-16-26-22/h3-9,15-16,20H,10-14H2,1-2H3,(H,27,29). The van der Waals surface area contributed by atoms with E-state index in [9.17, 15) is 9.59 Å². The zero-order valence-electron chi connectivity index (χ0n) is 18.3. The molecule has 2 aromatic carbocycles. The second-order valence-electron chi connectivity index (χ2n) is 8.05. The first-order chi connectivity index (χ1) is 15.5. The van der Waals surface area contributed by atoms with Crippen molar-refractivity contribution >= 4 is 35.0 Å². The van der Waals surface area contributed by atoms with E-state index < -0.39 is 0 Å². The highest BCUT2D eigenvalue weighted by molar-refractivity contribution is 7.99. The number of para-hydroxylation sites is 1. The van der Waals surface area contributed by atoms with Gasteiger partial charge in [-0.1, -0.05) is 30.3 Å². The minimum Gasteiger partial charge on any atom is -0.451 e. The molecular weight excluding hydrogens is 422 g/mol. The fourth-order valence-corrected chi connectivity index (χ4v) is 5.19. The molecule has 1 saturated heterocycles. The lowest BCUT2D eigenvalue weighted by Gasteiger charge is -2.31. The van der Waals surface area contributed by atoms with Crippen molar-refractivity contribution in [2.24, 2.45) is 5.92 Å². The zero-order chi connectivity index (χ0) is 22.5. The predicted molar refractivity (Wildman–Crippen MR) is 129 cm³/mol. The van der Waals surface area contributed by atoms with Gasteiger partial charge in [0.25, 0.3) is 0 Å². The van der Waals surface area contributed by atoms with Gasteiger partial charge in [0.05, 0.1) is 5.69 Å². The summed E-state index contributed by atoms with van der Waals surface area (Å²) in [7, 11) is 0. The Kier molecular flexibility index (Phi) is 6.95. The summed E-state index contributed by atoms with van der Waals surface area (Å²) in [6.07, 6.45) is 4.67. The summed E-state index contributed by atoms with van der Waals surface area (Å²) in [4.78, 5) is 32.3. The molecule has 0 atom stereocenters. The predicted octanol–water partition coefficient (Wildman–Crippen LogP) is 5.07. The number of aryl methyl sites for hydroxylation is 2. The number of nitrogens with one attached hydrogen (secondary N) is 1. The first kappa shape index (κ1) is 22.1. The van der Waals surface area contributed by atoms with Crippen molar-refractivity contribution in [3.8, 4) is 11.3 Å². The first-order valence-corrected chi connectivity index (χ1v) is 11.9. The highest BCUT2D eigenvalue weighted by atomic mass is 32.2. The molecule has 0 spiro atoms. The average molecular weight is 450 g/mol. The van der Waals surface area contributed by atoms with Crippen LogP contribution in [0.5, 0.6) is 0 Å². The Morgan fingerprint density at radius 1 is 1.09 bits per heavy atom. The molecule has 166 valence electrons. The number of thioether (sulfide) groups is 1. The molecule has 1 aliphatic heterocycles. The second-order valence-corrected chi connectivity index (χ2v) is 9.28. The molecule has 3 aromatic rings. The second kappa shape index (κ2) is 10.0. The number of carbonyl (C=O) groups is 2. The van der Waals surface area contributed by atoms with Crippen LogP contribution in [0.4, 0.5) is 11.4 Å². The third-order valence-electron chi connectivity index (χ3n) is 5.74. The van der Waals surface area contributed by atoms with Gasteiger partial charge in [-0.25, -0.2) is 4.98 Å². The molecule has 0 aliphatic carbocycles. The van der Waals surface area contributed by atoms with E-state index in [1.165, 1.54) is 6.39 Å². The van der Waals surface area contributed by atoms with E-state index >= 15 is 0 Å². The molecule has 1 fully saturated rings. The van der Waals surface area contributed by atoms with Gasteiger partial charge < -0.3 is 14.6 Å². The molecule has 32 heavy (non-hydrogen) atoms. The summed E-state index contributed by atoms with van der Waals surface area (Å²) in [5, 5.41) is 2.93. The Balaban J connectivity index is 1.52. The SMILES string of the molecule is Cc1cccc(C)c1N(CC(=O)Nc1ccc(-c2cocn2)cc1)C(=O)C1CCSCC1. The molecular formula is C25H27N3O3S. The molecule has 0 unspecified atom stereocenters. The quantitative estimate of drug-likeness (QED) is 0.568. The van der Waals surface area contributed by atoms with Crippen LogP contribution in [-0.4, -0.2) is 34.8 Å². The number of amides is 2. The van der Waals surface area contributed by atoms with E-state index in [1.807, 2.05) is 68.1 Å². The largest absolute Gasteiger partial charge is 0.451 e. The van der Waals surface area contributed by atoms with Gasteiger partial charge in [0.2, 0.25) is 11.8 Å². The van der Waals surface area contributed by atoms with Crippen molar-refractivity contribution in [2.45, 2.75) is 26.7 Å². The minimum atomic E-state index is -0.222. The summed E-state index contributed by atoms with van der Waals surface area (Å²) in [5.74, 6) is 1.76. The first-order valence-electron chi connectivity index (χ1n) is 10.8. The van der Waals surface area contributed by atoms with Crippen LogP contribution >= 0.6 is 11.8 Å². The summed E-state index contributed by atoms with van der Waals surface area (Å²) in [6.45, 7) is 3.96. The van der Waals surface area contributed by atoms with Crippen LogP contribution in [0, 0.1) is 19.8 Å². The van der Waals surface area contributed by atoms with Crippen LogP contribution in [0.25, 0.3) is 11.3 Å². The summed E-state index contributed by atoms with van der Waals surface area (Å²) in [6, 6.07) is 13.4. The maximum Gasteiger partial charge on any atom is 0.244 e. The van der Waals surface area contributed by atoms with E-state index in [1.54, 1.807) is 11.2 Å². The normalized spacial score (nSPS) is 14.2. The monoisotopic (exact) mass is 449 g/mol. The van der Waals surface area contributed by atoms with Crippen LogP contribution in [-0.2, 0) is 9.59 Å². The molecule has 2 heterocycles. The lowest BCUT2D eigenvalue weighted by Crippen LogP contribution is -2.43. The topological polar surface area (TPSA) is 75.4 Å². The van der Waals surface area contributed by atoms with Crippen molar-refractivity contribution in [2.75, 3.05) is 28.3 Å². The lowest BCUT2D eigenvalue weighted by atomic mass is 9.99. The number of aromatic nitrogens is 1. The third-order valence-corrected chi connectivity index (χ3v) is 6.79. The van der Waals surface area contributed by atoms with Crippen molar-refractivity contribution in [1.82, 2.24) is 4.98 Å². The summed E-state index contributed by atoms with van der Waals surface area (Å²) in [5.41, 5.74) is 5.14. The van der Waals surface area contributed by atoms with E-state index in [0.29, 0.717) is 5.69 Å². The van der Waals surface area contributed by atoms with Gasteiger partial charge in [0.1, 0.15) is 18.5 Å². The summed E-state index contributed by atoms with van der Waals surface area (Å²) >= 11 is 1.89. The van der Waals surface area contributed by atoms with Gasteiger partial charge >= 0.3 is 0 Å². The minimum absolute atomic E-state index is 0.0147. The van der Waals surface area contributed by atoms with Crippen molar-refractivity contribution in [1.29, 1.82) is 0 Å². The van der Waals surface area contributed by atoms with Gasteiger partial charge in [-0.15, -0.1) is 0 Å². The van der Waals surface area contributed by atoms with Gasteiger partial charge in [0.15, 0.2) is 6.39 Å². The van der Waals surface area contributed by atoms with Crippen LogP contribution in [0.2, 0.25) is 0 Å². The Bertz CT molecular complexity index is 1050. The molecule has 6 nitrogen and oxygen atoms in total. The molecule has 0 radical (unpaired) electrons. The van der Waals surface area contributed by atoms with Crippen molar-refractivity contribution in [3.05, 3.63) is 66.2 Å². The molecule has 7 heteroatoms. The number of oxazole rings is 1. The Morgan fingerprint density at radius 3 is 2.41 bits per heavy atom. The van der Waals surface area contributed by atoms with Crippen molar-refractivity contribution < 1.29 is 14.0 Å². The van der Waals surface area contributed by atoms with E-state index in [0.717, 1.165) is 52.4 Å². The molecule has 0 saturated carbocycles. The molecule has 1 aromatic heterocycles.